The molecule has 1 amide bonds. The molecule has 192 valence electrons. The predicted octanol–water partition coefficient (Wildman–Crippen LogP) is 5.83. The topological polar surface area (TPSA) is 78.9 Å². The number of aryl methyl sites for hydroxylation is 2. The van der Waals surface area contributed by atoms with Crippen molar-refractivity contribution in [2.24, 2.45) is 0 Å². The monoisotopic (exact) mass is 498 g/mol. The number of amides is 1. The summed E-state index contributed by atoms with van der Waals surface area (Å²) >= 11 is 0. The molecule has 0 radical (unpaired) electrons. The van der Waals surface area contributed by atoms with Crippen molar-refractivity contribution < 1.29 is 19.4 Å². The maximum absolute atomic E-state index is 12.7. The van der Waals surface area contributed by atoms with E-state index >= 15 is 0 Å². The smallest absolute Gasteiger partial charge is 0.407 e. The summed E-state index contributed by atoms with van der Waals surface area (Å²) in [6.45, 7) is 6.42. The van der Waals surface area contributed by atoms with Crippen molar-refractivity contribution in [3.8, 4) is 11.1 Å². The van der Waals surface area contributed by atoms with Crippen LogP contribution < -0.4 is 10.2 Å². The number of hydrogen-bond acceptors (Lipinski definition) is 4. The van der Waals surface area contributed by atoms with Crippen molar-refractivity contribution in [3.05, 3.63) is 88.5 Å². The number of fused-ring (bicyclic) bond motifs is 3. The average Bonchev–Trinajstić information content (AvgIpc) is 3.21. The molecule has 3 aromatic carbocycles. The third kappa shape index (κ3) is 5.19. The second-order valence-corrected chi connectivity index (χ2v) is 10.2. The van der Waals surface area contributed by atoms with Gasteiger partial charge in [-0.05, 0) is 72.1 Å². The van der Waals surface area contributed by atoms with Crippen LogP contribution in [0.15, 0.2) is 60.7 Å². The zero-order chi connectivity index (χ0) is 25.9. The second kappa shape index (κ2) is 10.7. The number of carbonyl (C=O) groups is 2. The van der Waals surface area contributed by atoms with Crippen molar-refractivity contribution in [1.29, 1.82) is 0 Å². The first-order valence-electron chi connectivity index (χ1n) is 13.1. The minimum absolute atomic E-state index is 0.0749. The first-order chi connectivity index (χ1) is 17.9. The molecule has 0 aromatic heterocycles. The van der Waals surface area contributed by atoms with Gasteiger partial charge in [-0.2, -0.15) is 0 Å². The number of ether oxygens (including phenoxy) is 1. The average molecular weight is 499 g/mol. The first-order valence-corrected chi connectivity index (χ1v) is 13.1. The molecule has 6 heteroatoms. The normalized spacial score (nSPS) is 15.6. The number of rotatable bonds is 7. The number of carboxylic acid groups (broad SMARTS) is 1. The molecule has 1 fully saturated rings. The van der Waals surface area contributed by atoms with Gasteiger partial charge in [0.05, 0.1) is 0 Å². The van der Waals surface area contributed by atoms with E-state index in [2.05, 4.69) is 48.3 Å². The van der Waals surface area contributed by atoms with Crippen molar-refractivity contribution in [1.82, 2.24) is 5.32 Å². The van der Waals surface area contributed by atoms with Crippen LogP contribution in [0.25, 0.3) is 11.1 Å². The van der Waals surface area contributed by atoms with Crippen LogP contribution in [0.5, 0.6) is 0 Å². The Morgan fingerprint density at radius 2 is 1.51 bits per heavy atom. The Bertz CT molecular complexity index is 1240. The lowest BCUT2D eigenvalue weighted by atomic mass is 9.97. The molecule has 1 heterocycles. The highest BCUT2D eigenvalue weighted by atomic mass is 16.5. The van der Waals surface area contributed by atoms with Crippen LogP contribution in [0.2, 0.25) is 0 Å². The van der Waals surface area contributed by atoms with Crippen LogP contribution in [0, 0.1) is 13.8 Å². The summed E-state index contributed by atoms with van der Waals surface area (Å²) in [5, 5.41) is 12.4. The highest BCUT2D eigenvalue weighted by Gasteiger charge is 2.30. The molecule has 5 rings (SSSR count). The van der Waals surface area contributed by atoms with Crippen molar-refractivity contribution in [2.75, 3.05) is 24.6 Å². The number of piperidine rings is 1. The molecule has 2 aliphatic rings. The van der Waals surface area contributed by atoms with E-state index in [0.717, 1.165) is 52.0 Å². The van der Waals surface area contributed by atoms with Gasteiger partial charge < -0.3 is 20.1 Å². The Labute approximate surface area is 218 Å². The highest BCUT2D eigenvalue weighted by Crippen LogP contribution is 2.44. The molecule has 3 aromatic rings. The maximum Gasteiger partial charge on any atom is 0.407 e. The van der Waals surface area contributed by atoms with E-state index in [1.807, 2.05) is 36.4 Å². The molecule has 6 nitrogen and oxygen atoms in total. The standard InChI is InChI=1S/C31H34N2O4/c1-20-16-22(17-21(2)29(20)33-14-8-3-9-15-33)18-28(30(34)35)32-31(36)37-19-27-25-12-6-4-10-23(25)24-11-5-7-13-26(24)27/h4-7,10-13,16-17,27-28H,3,8-9,14-15,18-19H2,1-2H3,(H,32,36)(H,34,35). The van der Waals surface area contributed by atoms with Crippen LogP contribution in [0.4, 0.5) is 10.5 Å². The fraction of sp³-hybridized carbons (Fsp3) is 0.355. The minimum Gasteiger partial charge on any atom is -0.480 e. The van der Waals surface area contributed by atoms with Crippen molar-refractivity contribution in [2.45, 2.75) is 51.5 Å². The number of carbonyl (C=O) groups excluding carboxylic acids is 1. The van der Waals surface area contributed by atoms with Crippen LogP contribution in [0.3, 0.4) is 0 Å². The highest BCUT2D eigenvalue weighted by molar-refractivity contribution is 5.81. The van der Waals surface area contributed by atoms with E-state index in [1.54, 1.807) is 0 Å². The molecular formula is C31H34N2O4. The first kappa shape index (κ1) is 24.9. The third-order valence-corrected chi connectivity index (χ3v) is 7.60. The summed E-state index contributed by atoms with van der Waals surface area (Å²) in [7, 11) is 0. The molecule has 0 spiro atoms. The molecule has 1 aliphatic heterocycles. The van der Waals surface area contributed by atoms with Gasteiger partial charge in [-0.1, -0.05) is 60.7 Å². The SMILES string of the molecule is Cc1cc(CC(NC(=O)OCC2c3ccccc3-c3ccccc32)C(=O)O)cc(C)c1N1CCCCC1. The number of aliphatic carboxylic acids is 1. The molecule has 1 unspecified atom stereocenters. The second-order valence-electron chi connectivity index (χ2n) is 10.2. The maximum atomic E-state index is 12.7. The largest absolute Gasteiger partial charge is 0.480 e. The van der Waals surface area contributed by atoms with E-state index in [4.69, 9.17) is 4.74 Å². The van der Waals surface area contributed by atoms with Gasteiger partial charge in [-0.25, -0.2) is 9.59 Å². The van der Waals surface area contributed by atoms with Crippen molar-refractivity contribution >= 4 is 17.7 Å². The van der Waals surface area contributed by atoms with Gasteiger partial charge in [0, 0.05) is 31.1 Å². The molecule has 0 bridgehead atoms. The Morgan fingerprint density at radius 3 is 2.08 bits per heavy atom. The Balaban J connectivity index is 1.25. The molecule has 2 N–H and O–H groups in total. The summed E-state index contributed by atoms with van der Waals surface area (Å²) in [5.41, 5.74) is 8.95. The predicted molar refractivity (Wildman–Crippen MR) is 145 cm³/mol. The summed E-state index contributed by atoms with van der Waals surface area (Å²) < 4.78 is 5.58. The summed E-state index contributed by atoms with van der Waals surface area (Å²) in [4.78, 5) is 27.2. The summed E-state index contributed by atoms with van der Waals surface area (Å²) in [6.07, 6.45) is 3.15. The quantitative estimate of drug-likeness (QED) is 0.429. The fourth-order valence-corrected chi connectivity index (χ4v) is 6.00. The third-order valence-electron chi connectivity index (χ3n) is 7.60. The van der Waals surface area contributed by atoms with Crippen molar-refractivity contribution in [3.63, 3.8) is 0 Å². The molecule has 0 saturated carbocycles. The van der Waals surface area contributed by atoms with E-state index in [0.29, 0.717) is 0 Å². The zero-order valence-corrected chi connectivity index (χ0v) is 21.5. The fourth-order valence-electron chi connectivity index (χ4n) is 6.00. The van der Waals surface area contributed by atoms with Gasteiger partial charge in [-0.3, -0.25) is 0 Å². The number of nitrogens with zero attached hydrogens (tertiary/aromatic N) is 1. The summed E-state index contributed by atoms with van der Waals surface area (Å²) in [6, 6.07) is 19.3. The number of alkyl carbamates (subject to hydrolysis) is 1. The lowest BCUT2D eigenvalue weighted by molar-refractivity contribution is -0.139. The summed E-state index contributed by atoms with van der Waals surface area (Å²) in [5.74, 6) is -1.15. The van der Waals surface area contributed by atoms with Gasteiger partial charge in [0.1, 0.15) is 12.6 Å². The van der Waals surface area contributed by atoms with Gasteiger partial charge in [-0.15, -0.1) is 0 Å². The van der Waals surface area contributed by atoms with E-state index in [1.165, 1.54) is 24.9 Å². The Hall–Kier alpha value is -3.80. The molecule has 1 saturated heterocycles. The number of anilines is 1. The molecule has 1 aliphatic carbocycles. The number of carboxylic acids is 1. The Morgan fingerprint density at radius 1 is 0.946 bits per heavy atom. The van der Waals surface area contributed by atoms with Gasteiger partial charge in [0.2, 0.25) is 0 Å². The number of hydrogen-bond donors (Lipinski definition) is 2. The van der Waals surface area contributed by atoms with Crippen LogP contribution in [-0.4, -0.2) is 42.9 Å². The molecule has 1 atom stereocenters. The molecular weight excluding hydrogens is 464 g/mol. The van der Waals surface area contributed by atoms with Crippen LogP contribution >= 0.6 is 0 Å². The zero-order valence-electron chi connectivity index (χ0n) is 21.5. The van der Waals surface area contributed by atoms with Gasteiger partial charge in [0.15, 0.2) is 0 Å². The lowest BCUT2D eigenvalue weighted by Gasteiger charge is -2.32. The lowest BCUT2D eigenvalue weighted by Crippen LogP contribution is -2.43. The van der Waals surface area contributed by atoms with Gasteiger partial charge >= 0.3 is 12.1 Å². The van der Waals surface area contributed by atoms with E-state index < -0.39 is 18.1 Å². The molecule has 37 heavy (non-hydrogen) atoms. The number of benzene rings is 3. The van der Waals surface area contributed by atoms with E-state index in [9.17, 15) is 14.7 Å². The van der Waals surface area contributed by atoms with Crippen LogP contribution in [-0.2, 0) is 16.0 Å². The number of nitrogens with one attached hydrogen (secondary N) is 1. The van der Waals surface area contributed by atoms with Gasteiger partial charge in [0.25, 0.3) is 0 Å². The minimum atomic E-state index is -1.08. The van der Waals surface area contributed by atoms with Crippen LogP contribution in [0.1, 0.15) is 53.0 Å². The Kier molecular flexibility index (Phi) is 7.17. The van der Waals surface area contributed by atoms with E-state index in [-0.39, 0.29) is 18.9 Å².